The Morgan fingerprint density at radius 1 is 0.697 bits per heavy atom. The molecule has 2 fully saturated rings. The number of amides is 2. The number of carbonyl (C=O) groups excluding carboxylic acids is 2. The van der Waals surface area contributed by atoms with Crippen LogP contribution in [0.25, 0.3) is 10.8 Å². The van der Waals surface area contributed by atoms with E-state index in [-0.39, 0.29) is 11.7 Å². The number of imide groups is 1. The van der Waals surface area contributed by atoms with Gasteiger partial charge < -0.3 is 0 Å². The molecule has 0 bridgehead atoms. The van der Waals surface area contributed by atoms with Crippen molar-refractivity contribution >= 4 is 34.0 Å². The summed E-state index contributed by atoms with van der Waals surface area (Å²) in [4.78, 5) is 34.5. The van der Waals surface area contributed by atoms with Gasteiger partial charge in [0.15, 0.2) is 6.10 Å². The van der Waals surface area contributed by atoms with E-state index in [1.165, 1.54) is 17.0 Å². The van der Waals surface area contributed by atoms with Crippen LogP contribution in [0.2, 0.25) is 0 Å². The molecule has 0 aliphatic carbocycles. The first kappa shape index (κ1) is 19.6. The Morgan fingerprint density at radius 3 is 2.15 bits per heavy atom. The summed E-state index contributed by atoms with van der Waals surface area (Å²) in [5, 5.41) is 3.57. The van der Waals surface area contributed by atoms with E-state index < -0.39 is 24.0 Å². The van der Waals surface area contributed by atoms with Gasteiger partial charge in [-0.1, -0.05) is 60.7 Å². The molecule has 2 amide bonds. The van der Waals surface area contributed by atoms with Crippen molar-refractivity contribution in [3.63, 3.8) is 0 Å². The molecule has 0 N–H and O–H groups in total. The van der Waals surface area contributed by atoms with E-state index in [2.05, 4.69) is 0 Å². The molecule has 2 saturated heterocycles. The maximum atomic E-state index is 13.7. The van der Waals surface area contributed by atoms with Crippen molar-refractivity contribution in [3.8, 4) is 0 Å². The van der Waals surface area contributed by atoms with E-state index in [1.54, 1.807) is 23.3 Å². The molecule has 2 aliphatic heterocycles. The Labute approximate surface area is 189 Å². The van der Waals surface area contributed by atoms with Crippen molar-refractivity contribution in [2.75, 3.05) is 9.96 Å². The average molecular weight is 438 g/mol. The molecule has 4 aromatic carbocycles. The average Bonchev–Trinajstić information content (AvgIpc) is 3.36. The number of hydrogen-bond acceptors (Lipinski definition) is 4. The Bertz CT molecular complexity index is 1370. The van der Waals surface area contributed by atoms with Gasteiger partial charge in [0, 0.05) is 0 Å². The summed E-state index contributed by atoms with van der Waals surface area (Å²) in [5.74, 6) is -1.85. The fourth-order valence-electron chi connectivity index (χ4n) is 4.78. The van der Waals surface area contributed by atoms with Crippen LogP contribution in [-0.4, -0.2) is 17.9 Å². The zero-order chi connectivity index (χ0) is 22.5. The molecule has 33 heavy (non-hydrogen) atoms. The maximum Gasteiger partial charge on any atom is 0.266 e. The third-order valence-electron chi connectivity index (χ3n) is 6.33. The van der Waals surface area contributed by atoms with Gasteiger partial charge in [-0.15, -0.1) is 0 Å². The van der Waals surface area contributed by atoms with Gasteiger partial charge in [-0.2, -0.15) is 0 Å². The van der Waals surface area contributed by atoms with E-state index in [4.69, 9.17) is 4.84 Å². The Balaban J connectivity index is 1.43. The minimum Gasteiger partial charge on any atom is -0.273 e. The van der Waals surface area contributed by atoms with Gasteiger partial charge in [-0.3, -0.25) is 14.4 Å². The van der Waals surface area contributed by atoms with E-state index in [1.807, 2.05) is 66.7 Å². The lowest BCUT2D eigenvalue weighted by molar-refractivity contribution is -0.126. The number of rotatable bonds is 3. The van der Waals surface area contributed by atoms with Crippen LogP contribution in [0.4, 0.5) is 15.8 Å². The Kier molecular flexibility index (Phi) is 4.48. The van der Waals surface area contributed by atoms with E-state index in [0.717, 1.165) is 16.5 Å². The van der Waals surface area contributed by atoms with E-state index >= 15 is 0 Å². The summed E-state index contributed by atoms with van der Waals surface area (Å²) in [5.41, 5.74) is 1.94. The molecular weight excluding hydrogens is 419 g/mol. The van der Waals surface area contributed by atoms with Gasteiger partial charge in [0.05, 0.1) is 17.4 Å². The number of carbonyl (C=O) groups is 2. The molecule has 0 aromatic heterocycles. The van der Waals surface area contributed by atoms with Gasteiger partial charge in [0.25, 0.3) is 5.91 Å². The van der Waals surface area contributed by atoms with Crippen LogP contribution < -0.4 is 9.96 Å². The van der Waals surface area contributed by atoms with Crippen molar-refractivity contribution < 1.29 is 18.8 Å². The van der Waals surface area contributed by atoms with Crippen molar-refractivity contribution in [2.45, 2.75) is 12.1 Å². The van der Waals surface area contributed by atoms with Gasteiger partial charge in [0.1, 0.15) is 11.7 Å². The van der Waals surface area contributed by atoms with Crippen LogP contribution in [0.15, 0.2) is 97.1 Å². The van der Waals surface area contributed by atoms with Crippen LogP contribution >= 0.6 is 0 Å². The van der Waals surface area contributed by atoms with Crippen LogP contribution in [0, 0.1) is 11.7 Å². The monoisotopic (exact) mass is 438 g/mol. The molecule has 2 heterocycles. The molecule has 6 rings (SSSR count). The predicted molar refractivity (Wildman–Crippen MR) is 123 cm³/mol. The SMILES string of the molecule is O=C1[C@H]2[C@@H](c3ccc(F)cc3)N(c3ccccc3)O[C@H]2C(=O)N1c1ccc2ccccc2c1. The van der Waals surface area contributed by atoms with E-state index in [0.29, 0.717) is 11.3 Å². The first-order valence-electron chi connectivity index (χ1n) is 10.7. The van der Waals surface area contributed by atoms with Crippen molar-refractivity contribution in [1.29, 1.82) is 0 Å². The highest BCUT2D eigenvalue weighted by Gasteiger charge is 2.60. The Morgan fingerprint density at radius 2 is 1.39 bits per heavy atom. The maximum absolute atomic E-state index is 13.7. The summed E-state index contributed by atoms with van der Waals surface area (Å²) in [6.45, 7) is 0. The largest absolute Gasteiger partial charge is 0.273 e. The number of benzene rings is 4. The second kappa shape index (κ2) is 7.53. The smallest absolute Gasteiger partial charge is 0.266 e. The zero-order valence-electron chi connectivity index (χ0n) is 17.5. The lowest BCUT2D eigenvalue weighted by Gasteiger charge is -2.28. The highest BCUT2D eigenvalue weighted by molar-refractivity contribution is 6.24. The molecule has 0 unspecified atom stereocenters. The third-order valence-corrected chi connectivity index (χ3v) is 6.33. The van der Waals surface area contributed by atoms with Crippen molar-refractivity contribution in [2.24, 2.45) is 5.92 Å². The molecule has 162 valence electrons. The quantitative estimate of drug-likeness (QED) is 0.421. The third kappa shape index (κ3) is 3.10. The lowest BCUT2D eigenvalue weighted by Crippen LogP contribution is -2.37. The standard InChI is InChI=1S/C27H19FN2O3/c28-20-13-10-18(11-14-20)24-23-25(33-30(24)21-8-2-1-3-9-21)27(32)29(26(23)31)22-15-12-17-6-4-5-7-19(17)16-22/h1-16,23-25H/t23-,24+,25+/m0/s1. The minimum absolute atomic E-state index is 0.326. The van der Waals surface area contributed by atoms with Gasteiger partial charge in [0.2, 0.25) is 5.91 Å². The van der Waals surface area contributed by atoms with Gasteiger partial charge in [-0.05, 0) is 52.7 Å². The highest BCUT2D eigenvalue weighted by atomic mass is 19.1. The second-order valence-corrected chi connectivity index (χ2v) is 8.25. The molecule has 6 heteroatoms. The van der Waals surface area contributed by atoms with Crippen LogP contribution in [-0.2, 0) is 14.4 Å². The highest BCUT2D eigenvalue weighted by Crippen LogP contribution is 2.47. The number of para-hydroxylation sites is 1. The summed E-state index contributed by atoms with van der Waals surface area (Å²) in [7, 11) is 0. The molecule has 5 nitrogen and oxygen atoms in total. The summed E-state index contributed by atoms with van der Waals surface area (Å²) in [6, 6.07) is 28.0. The zero-order valence-corrected chi connectivity index (χ0v) is 17.5. The summed E-state index contributed by atoms with van der Waals surface area (Å²) in [6.07, 6.45) is -0.959. The fraction of sp³-hybridized carbons (Fsp3) is 0.111. The number of hydrogen-bond donors (Lipinski definition) is 0. The predicted octanol–water partition coefficient (Wildman–Crippen LogP) is 5.03. The Hall–Kier alpha value is -4.03. The summed E-state index contributed by atoms with van der Waals surface area (Å²) >= 11 is 0. The van der Waals surface area contributed by atoms with Gasteiger partial charge >= 0.3 is 0 Å². The first-order valence-corrected chi connectivity index (χ1v) is 10.7. The minimum atomic E-state index is -0.959. The van der Waals surface area contributed by atoms with Gasteiger partial charge in [-0.25, -0.2) is 14.4 Å². The lowest BCUT2D eigenvalue weighted by atomic mass is 9.90. The number of nitrogens with zero attached hydrogens (tertiary/aromatic N) is 2. The topological polar surface area (TPSA) is 49.9 Å². The molecule has 0 saturated carbocycles. The number of fused-ring (bicyclic) bond motifs is 2. The number of halogens is 1. The van der Waals surface area contributed by atoms with Crippen LogP contribution in [0.3, 0.4) is 0 Å². The molecule has 0 radical (unpaired) electrons. The molecule has 4 aromatic rings. The van der Waals surface area contributed by atoms with Crippen molar-refractivity contribution in [3.05, 3.63) is 108 Å². The first-order chi connectivity index (χ1) is 16.1. The number of anilines is 2. The normalized spacial score (nSPS) is 22.3. The van der Waals surface area contributed by atoms with E-state index in [9.17, 15) is 14.0 Å². The van der Waals surface area contributed by atoms with Crippen molar-refractivity contribution in [1.82, 2.24) is 0 Å². The number of hydroxylamine groups is 1. The fourth-order valence-corrected chi connectivity index (χ4v) is 4.78. The van der Waals surface area contributed by atoms with Crippen LogP contribution in [0.1, 0.15) is 11.6 Å². The molecular formula is C27H19FN2O3. The summed E-state index contributed by atoms with van der Waals surface area (Å²) < 4.78 is 13.6. The molecule has 3 atom stereocenters. The molecule has 0 spiro atoms. The van der Waals surface area contributed by atoms with Crippen LogP contribution in [0.5, 0.6) is 0 Å². The molecule has 2 aliphatic rings. The second-order valence-electron chi connectivity index (χ2n) is 8.25.